The van der Waals surface area contributed by atoms with Gasteiger partial charge in [-0.05, 0) is 24.4 Å². The first-order chi connectivity index (χ1) is 9.61. The van der Waals surface area contributed by atoms with E-state index in [1.54, 1.807) is 13.2 Å². The van der Waals surface area contributed by atoms with Gasteiger partial charge in [-0.25, -0.2) is 4.39 Å². The van der Waals surface area contributed by atoms with Crippen molar-refractivity contribution in [3.8, 4) is 5.75 Å². The van der Waals surface area contributed by atoms with Gasteiger partial charge in [-0.1, -0.05) is 6.07 Å². The maximum Gasteiger partial charge on any atom is 0.276 e. The zero-order chi connectivity index (χ0) is 14.8. The van der Waals surface area contributed by atoms with E-state index in [0.717, 1.165) is 0 Å². The number of carbonyl (C=O) groups excluding carboxylic acids is 1. The molecule has 0 aliphatic heterocycles. The van der Waals surface area contributed by atoms with Crippen molar-refractivity contribution < 1.29 is 18.7 Å². The molecule has 0 aromatic heterocycles. The normalized spacial score (nSPS) is 9.70. The molecule has 0 heterocycles. The first-order valence-corrected chi connectivity index (χ1v) is 6.22. The van der Waals surface area contributed by atoms with Gasteiger partial charge in [0.1, 0.15) is 11.6 Å². The fourth-order valence-electron chi connectivity index (χ4n) is 1.18. The van der Waals surface area contributed by atoms with E-state index in [9.17, 15) is 9.18 Å². The number of carbonyl (C=O) groups is 1. The number of amides is 1. The van der Waals surface area contributed by atoms with Gasteiger partial charge in [0, 0.05) is 19.7 Å². The molecule has 0 unspecified atom stereocenters. The van der Waals surface area contributed by atoms with E-state index in [4.69, 9.17) is 21.7 Å². The van der Waals surface area contributed by atoms with Crippen LogP contribution in [0.3, 0.4) is 0 Å². The third kappa shape index (κ3) is 6.86. The largest absolute Gasteiger partial charge is 0.484 e. The summed E-state index contributed by atoms with van der Waals surface area (Å²) >= 11 is 4.90. The van der Waals surface area contributed by atoms with Gasteiger partial charge in [-0.15, -0.1) is 0 Å². The maximum atomic E-state index is 12.9. The lowest BCUT2D eigenvalue weighted by Gasteiger charge is -2.11. The number of halogens is 1. The summed E-state index contributed by atoms with van der Waals surface area (Å²) in [5.74, 6) is -0.587. The second-order valence-corrected chi connectivity index (χ2v) is 4.08. The van der Waals surface area contributed by atoms with E-state index in [1.807, 2.05) is 0 Å². The summed E-state index contributed by atoms with van der Waals surface area (Å²) in [5, 5.41) is 3.08. The van der Waals surface area contributed by atoms with Crippen molar-refractivity contribution in [3.63, 3.8) is 0 Å². The van der Waals surface area contributed by atoms with Crippen molar-refractivity contribution in [3.05, 3.63) is 30.1 Å². The molecule has 3 N–H and O–H groups in total. The van der Waals surface area contributed by atoms with Crippen LogP contribution in [0, 0.1) is 5.82 Å². The Morgan fingerprint density at radius 3 is 2.90 bits per heavy atom. The molecule has 1 aromatic carbocycles. The van der Waals surface area contributed by atoms with Crippen molar-refractivity contribution in [1.29, 1.82) is 0 Å². The lowest BCUT2D eigenvalue weighted by atomic mass is 10.3. The van der Waals surface area contributed by atoms with Gasteiger partial charge < -0.3 is 14.8 Å². The SMILES string of the molecule is COCCNC(=S)NNC(=O)COc1cccc(F)c1. The number of hydrogen-bond acceptors (Lipinski definition) is 4. The van der Waals surface area contributed by atoms with Crippen LogP contribution in [0.1, 0.15) is 0 Å². The van der Waals surface area contributed by atoms with Crippen LogP contribution in [-0.4, -0.2) is 37.9 Å². The lowest BCUT2D eigenvalue weighted by Crippen LogP contribution is -2.48. The van der Waals surface area contributed by atoms with Crippen LogP contribution in [0.25, 0.3) is 0 Å². The molecule has 6 nitrogen and oxygen atoms in total. The lowest BCUT2D eigenvalue weighted by molar-refractivity contribution is -0.123. The molecule has 1 amide bonds. The minimum absolute atomic E-state index is 0.253. The van der Waals surface area contributed by atoms with Crippen LogP contribution in [0.2, 0.25) is 0 Å². The number of hydrazine groups is 1. The minimum Gasteiger partial charge on any atom is -0.484 e. The molecule has 0 radical (unpaired) electrons. The first kappa shape index (κ1) is 16.1. The number of ether oxygens (including phenoxy) is 2. The average molecular weight is 301 g/mol. The Morgan fingerprint density at radius 1 is 1.40 bits per heavy atom. The molecule has 1 aromatic rings. The highest BCUT2D eigenvalue weighted by Gasteiger charge is 2.03. The Hall–Kier alpha value is -1.93. The summed E-state index contributed by atoms with van der Waals surface area (Å²) in [6, 6.07) is 5.53. The zero-order valence-corrected chi connectivity index (χ0v) is 11.8. The molecule has 0 saturated heterocycles. The average Bonchev–Trinajstić information content (AvgIpc) is 2.43. The fraction of sp³-hybridized carbons (Fsp3) is 0.333. The van der Waals surface area contributed by atoms with Crippen LogP contribution < -0.4 is 20.9 Å². The van der Waals surface area contributed by atoms with Crippen LogP contribution in [0.4, 0.5) is 4.39 Å². The topological polar surface area (TPSA) is 71.6 Å². The number of methoxy groups -OCH3 is 1. The van der Waals surface area contributed by atoms with Gasteiger partial charge in [0.15, 0.2) is 11.7 Å². The van der Waals surface area contributed by atoms with E-state index in [-0.39, 0.29) is 17.5 Å². The fourth-order valence-corrected chi connectivity index (χ4v) is 1.33. The number of rotatable bonds is 6. The Morgan fingerprint density at radius 2 is 2.20 bits per heavy atom. The molecule has 1 rings (SSSR count). The highest BCUT2D eigenvalue weighted by molar-refractivity contribution is 7.80. The molecule has 0 atom stereocenters. The van der Waals surface area contributed by atoms with E-state index in [0.29, 0.717) is 13.2 Å². The van der Waals surface area contributed by atoms with Crippen LogP contribution in [0.5, 0.6) is 5.75 Å². The molecule has 0 aliphatic carbocycles. The number of nitrogens with one attached hydrogen (secondary N) is 3. The van der Waals surface area contributed by atoms with Crippen LogP contribution in [0.15, 0.2) is 24.3 Å². The van der Waals surface area contributed by atoms with Crippen molar-refractivity contribution >= 4 is 23.2 Å². The monoisotopic (exact) mass is 301 g/mol. The molecular weight excluding hydrogens is 285 g/mol. The minimum atomic E-state index is -0.440. The molecule has 8 heteroatoms. The summed E-state index contributed by atoms with van der Waals surface area (Å²) in [4.78, 5) is 11.4. The highest BCUT2D eigenvalue weighted by atomic mass is 32.1. The van der Waals surface area contributed by atoms with E-state index in [1.165, 1.54) is 18.2 Å². The van der Waals surface area contributed by atoms with Gasteiger partial charge in [-0.2, -0.15) is 0 Å². The Labute approximate surface area is 121 Å². The predicted molar refractivity (Wildman–Crippen MR) is 75.7 cm³/mol. The molecule has 0 fully saturated rings. The van der Waals surface area contributed by atoms with Gasteiger partial charge >= 0.3 is 0 Å². The second-order valence-electron chi connectivity index (χ2n) is 3.67. The van der Waals surface area contributed by atoms with Crippen molar-refractivity contribution in [1.82, 2.24) is 16.2 Å². The first-order valence-electron chi connectivity index (χ1n) is 5.82. The zero-order valence-electron chi connectivity index (χ0n) is 10.9. The van der Waals surface area contributed by atoms with Gasteiger partial charge in [0.05, 0.1) is 6.61 Å². The summed E-state index contributed by atoms with van der Waals surface area (Å²) in [6.45, 7) is 0.771. The second kappa shape index (κ2) is 9.05. The number of benzene rings is 1. The molecule has 0 saturated carbocycles. The number of hydrogen-bond donors (Lipinski definition) is 3. The Kier molecular flexibility index (Phi) is 7.30. The van der Waals surface area contributed by atoms with Crippen molar-refractivity contribution in [2.24, 2.45) is 0 Å². The third-order valence-electron chi connectivity index (χ3n) is 2.07. The maximum absolute atomic E-state index is 12.9. The van der Waals surface area contributed by atoms with Crippen molar-refractivity contribution in [2.75, 3.05) is 26.9 Å². The van der Waals surface area contributed by atoms with E-state index in [2.05, 4.69) is 16.2 Å². The van der Waals surface area contributed by atoms with Gasteiger partial charge in [-0.3, -0.25) is 15.6 Å². The third-order valence-corrected chi connectivity index (χ3v) is 2.32. The molecule has 0 aliphatic rings. The molecule has 20 heavy (non-hydrogen) atoms. The predicted octanol–water partition coefficient (Wildman–Crippen LogP) is 0.346. The standard InChI is InChI=1S/C12H16FN3O3S/c1-18-6-5-14-12(20)16-15-11(17)8-19-10-4-2-3-9(13)7-10/h2-4,7H,5-6,8H2,1H3,(H,15,17)(H2,14,16,20). The van der Waals surface area contributed by atoms with Gasteiger partial charge in [0.25, 0.3) is 5.91 Å². The Balaban J connectivity index is 2.19. The molecular formula is C12H16FN3O3S. The summed E-state index contributed by atoms with van der Waals surface area (Å²) in [5.41, 5.74) is 4.84. The van der Waals surface area contributed by atoms with E-state index < -0.39 is 11.7 Å². The number of thiocarbonyl (C=S) groups is 1. The highest BCUT2D eigenvalue weighted by Crippen LogP contribution is 2.11. The van der Waals surface area contributed by atoms with Crippen LogP contribution in [-0.2, 0) is 9.53 Å². The summed E-state index contributed by atoms with van der Waals surface area (Å²) in [7, 11) is 1.57. The molecule has 0 spiro atoms. The summed E-state index contributed by atoms with van der Waals surface area (Å²) in [6.07, 6.45) is 0. The summed E-state index contributed by atoms with van der Waals surface area (Å²) < 4.78 is 22.8. The van der Waals surface area contributed by atoms with Crippen LogP contribution >= 0.6 is 12.2 Å². The van der Waals surface area contributed by atoms with Gasteiger partial charge in [0.2, 0.25) is 0 Å². The molecule has 110 valence electrons. The van der Waals surface area contributed by atoms with Crippen molar-refractivity contribution in [2.45, 2.75) is 0 Å². The molecule has 0 bridgehead atoms. The quantitative estimate of drug-likeness (QED) is 0.400. The Bertz CT molecular complexity index is 459. The van der Waals surface area contributed by atoms with E-state index >= 15 is 0 Å². The smallest absolute Gasteiger partial charge is 0.276 e.